The molecular weight excluding hydrogens is 282 g/mol. The van der Waals surface area contributed by atoms with Crippen LogP contribution in [0.5, 0.6) is 11.5 Å². The van der Waals surface area contributed by atoms with Crippen molar-refractivity contribution >= 4 is 15.9 Å². The van der Waals surface area contributed by atoms with Gasteiger partial charge in [-0.3, -0.25) is 4.90 Å². The fraction of sp³-hybridized carbons (Fsp3) is 0.538. The average Bonchev–Trinajstić information content (AvgIpc) is 2.74. The van der Waals surface area contributed by atoms with Gasteiger partial charge in [0.2, 0.25) is 0 Å². The van der Waals surface area contributed by atoms with Crippen LogP contribution in [0.2, 0.25) is 0 Å². The molecule has 1 aliphatic heterocycles. The minimum atomic E-state index is 0.641. The highest BCUT2D eigenvalue weighted by Gasteiger charge is 2.20. The maximum atomic E-state index is 5.31. The first-order valence-electron chi connectivity index (χ1n) is 5.80. The second-order valence-electron chi connectivity index (χ2n) is 4.31. The molecule has 0 bridgehead atoms. The highest BCUT2D eigenvalue weighted by atomic mass is 79.9. The summed E-state index contributed by atoms with van der Waals surface area (Å²) in [6, 6.07) is 6.12. The standard InChI is InChI=1S/C13H18BrNO2/c1-16-12-4-3-10(7-13(12)17-2)8-15-6-5-11(14)9-15/h3-4,7,11H,5-6,8-9H2,1-2H3. The summed E-state index contributed by atoms with van der Waals surface area (Å²) in [6.45, 7) is 3.25. The van der Waals surface area contributed by atoms with Crippen LogP contribution in [-0.4, -0.2) is 37.0 Å². The van der Waals surface area contributed by atoms with E-state index >= 15 is 0 Å². The number of rotatable bonds is 4. The molecule has 0 radical (unpaired) electrons. The molecule has 1 aromatic rings. The summed E-state index contributed by atoms with van der Waals surface area (Å²) in [7, 11) is 3.33. The first-order chi connectivity index (χ1) is 8.22. The molecule has 94 valence electrons. The predicted molar refractivity (Wildman–Crippen MR) is 72.2 cm³/mol. The van der Waals surface area contributed by atoms with Gasteiger partial charge in [-0.2, -0.15) is 0 Å². The minimum absolute atomic E-state index is 0.641. The molecule has 0 N–H and O–H groups in total. The van der Waals surface area contributed by atoms with Crippen LogP contribution in [0, 0.1) is 0 Å². The summed E-state index contributed by atoms with van der Waals surface area (Å²) in [5.74, 6) is 1.59. The quantitative estimate of drug-likeness (QED) is 0.798. The average molecular weight is 300 g/mol. The number of halogens is 1. The molecule has 0 amide bonds. The Kier molecular flexibility index (Phi) is 4.29. The van der Waals surface area contributed by atoms with Crippen LogP contribution in [0.4, 0.5) is 0 Å². The molecular formula is C13H18BrNO2. The van der Waals surface area contributed by atoms with Gasteiger partial charge in [0.25, 0.3) is 0 Å². The van der Waals surface area contributed by atoms with Gasteiger partial charge in [-0.05, 0) is 30.7 Å². The Morgan fingerprint density at radius 2 is 2.06 bits per heavy atom. The van der Waals surface area contributed by atoms with Gasteiger partial charge in [0.05, 0.1) is 14.2 Å². The molecule has 1 aromatic carbocycles. The highest BCUT2D eigenvalue weighted by Crippen LogP contribution is 2.28. The van der Waals surface area contributed by atoms with Crippen LogP contribution in [0.15, 0.2) is 18.2 Å². The van der Waals surface area contributed by atoms with E-state index in [1.165, 1.54) is 12.0 Å². The van der Waals surface area contributed by atoms with E-state index in [1.807, 2.05) is 6.07 Å². The largest absolute Gasteiger partial charge is 0.493 e. The monoisotopic (exact) mass is 299 g/mol. The van der Waals surface area contributed by atoms with E-state index in [4.69, 9.17) is 9.47 Å². The van der Waals surface area contributed by atoms with Gasteiger partial charge < -0.3 is 9.47 Å². The Morgan fingerprint density at radius 3 is 2.65 bits per heavy atom. The van der Waals surface area contributed by atoms with Crippen LogP contribution in [0.25, 0.3) is 0 Å². The summed E-state index contributed by atoms with van der Waals surface area (Å²) in [5.41, 5.74) is 1.27. The van der Waals surface area contributed by atoms with Crippen molar-refractivity contribution in [2.75, 3.05) is 27.3 Å². The number of nitrogens with zero attached hydrogens (tertiary/aromatic N) is 1. The van der Waals surface area contributed by atoms with Crippen molar-refractivity contribution in [2.45, 2.75) is 17.8 Å². The summed E-state index contributed by atoms with van der Waals surface area (Å²) >= 11 is 3.66. The third-order valence-electron chi connectivity index (χ3n) is 3.07. The Bertz CT molecular complexity index is 384. The van der Waals surface area contributed by atoms with Gasteiger partial charge in [0, 0.05) is 17.9 Å². The molecule has 1 atom stereocenters. The van der Waals surface area contributed by atoms with Crippen molar-refractivity contribution < 1.29 is 9.47 Å². The molecule has 0 aromatic heterocycles. The third kappa shape index (κ3) is 3.13. The van der Waals surface area contributed by atoms with Gasteiger partial charge >= 0.3 is 0 Å². The second kappa shape index (κ2) is 5.74. The molecule has 0 saturated carbocycles. The molecule has 0 spiro atoms. The van der Waals surface area contributed by atoms with E-state index in [9.17, 15) is 0 Å². The van der Waals surface area contributed by atoms with Gasteiger partial charge in [-0.15, -0.1) is 0 Å². The van der Waals surface area contributed by atoms with E-state index in [0.29, 0.717) is 4.83 Å². The summed E-state index contributed by atoms with van der Waals surface area (Å²) < 4.78 is 10.5. The smallest absolute Gasteiger partial charge is 0.161 e. The summed E-state index contributed by atoms with van der Waals surface area (Å²) in [6.07, 6.45) is 1.23. The third-order valence-corrected chi connectivity index (χ3v) is 3.82. The summed E-state index contributed by atoms with van der Waals surface area (Å²) in [4.78, 5) is 3.09. The number of hydrogen-bond donors (Lipinski definition) is 0. The van der Waals surface area contributed by atoms with Crippen LogP contribution < -0.4 is 9.47 Å². The van der Waals surface area contributed by atoms with Crippen molar-refractivity contribution in [3.05, 3.63) is 23.8 Å². The van der Waals surface area contributed by atoms with Crippen LogP contribution in [0.3, 0.4) is 0 Å². The van der Waals surface area contributed by atoms with Crippen molar-refractivity contribution in [3.63, 3.8) is 0 Å². The number of benzene rings is 1. The minimum Gasteiger partial charge on any atom is -0.493 e. The molecule has 1 aliphatic rings. The number of methoxy groups -OCH3 is 2. The Balaban J connectivity index is 2.06. The molecule has 1 heterocycles. The normalized spacial score (nSPS) is 20.5. The molecule has 0 aliphatic carbocycles. The lowest BCUT2D eigenvalue weighted by Crippen LogP contribution is -2.20. The van der Waals surface area contributed by atoms with Crippen LogP contribution in [0.1, 0.15) is 12.0 Å². The van der Waals surface area contributed by atoms with Crippen molar-refractivity contribution in [1.82, 2.24) is 4.90 Å². The SMILES string of the molecule is COc1ccc(CN2CCC(Br)C2)cc1OC. The Hall–Kier alpha value is -0.740. The predicted octanol–water partition coefficient (Wildman–Crippen LogP) is 2.67. The maximum Gasteiger partial charge on any atom is 0.161 e. The Labute approximate surface area is 111 Å². The van der Waals surface area contributed by atoms with Crippen molar-refractivity contribution in [2.24, 2.45) is 0 Å². The fourth-order valence-corrected chi connectivity index (χ4v) is 2.78. The zero-order valence-corrected chi connectivity index (χ0v) is 11.9. The lowest BCUT2D eigenvalue weighted by atomic mass is 10.2. The molecule has 3 nitrogen and oxygen atoms in total. The molecule has 17 heavy (non-hydrogen) atoms. The van der Waals surface area contributed by atoms with Gasteiger partial charge in [-0.1, -0.05) is 22.0 Å². The molecule has 1 saturated heterocycles. The lowest BCUT2D eigenvalue weighted by Gasteiger charge is -2.16. The van der Waals surface area contributed by atoms with E-state index in [0.717, 1.165) is 31.1 Å². The van der Waals surface area contributed by atoms with E-state index in [-0.39, 0.29) is 0 Å². The number of alkyl halides is 1. The molecule has 1 unspecified atom stereocenters. The fourth-order valence-electron chi connectivity index (χ4n) is 2.17. The number of likely N-dealkylation sites (tertiary alicyclic amines) is 1. The number of ether oxygens (including phenoxy) is 2. The topological polar surface area (TPSA) is 21.7 Å². The van der Waals surface area contributed by atoms with Gasteiger partial charge in [-0.25, -0.2) is 0 Å². The van der Waals surface area contributed by atoms with Gasteiger partial charge in [0.15, 0.2) is 11.5 Å². The molecule has 4 heteroatoms. The first kappa shape index (κ1) is 12.7. The first-order valence-corrected chi connectivity index (χ1v) is 6.72. The van der Waals surface area contributed by atoms with Crippen LogP contribution in [-0.2, 0) is 6.54 Å². The zero-order valence-electron chi connectivity index (χ0n) is 10.3. The maximum absolute atomic E-state index is 5.31. The van der Waals surface area contributed by atoms with E-state index < -0.39 is 0 Å². The Morgan fingerprint density at radius 1 is 1.29 bits per heavy atom. The zero-order chi connectivity index (χ0) is 12.3. The highest BCUT2D eigenvalue weighted by molar-refractivity contribution is 9.09. The molecule has 2 rings (SSSR count). The van der Waals surface area contributed by atoms with Crippen molar-refractivity contribution in [3.8, 4) is 11.5 Å². The lowest BCUT2D eigenvalue weighted by molar-refractivity contribution is 0.328. The summed E-state index contributed by atoms with van der Waals surface area (Å²) in [5, 5.41) is 0. The van der Waals surface area contributed by atoms with E-state index in [1.54, 1.807) is 14.2 Å². The number of hydrogen-bond acceptors (Lipinski definition) is 3. The second-order valence-corrected chi connectivity index (χ2v) is 5.61. The van der Waals surface area contributed by atoms with Crippen molar-refractivity contribution in [1.29, 1.82) is 0 Å². The van der Waals surface area contributed by atoms with E-state index in [2.05, 4.69) is 33.0 Å². The van der Waals surface area contributed by atoms with Gasteiger partial charge in [0.1, 0.15) is 0 Å². The van der Waals surface area contributed by atoms with Crippen LogP contribution >= 0.6 is 15.9 Å². The molecule has 1 fully saturated rings.